The maximum absolute atomic E-state index is 12.6. The Kier molecular flexibility index (Phi) is 4.69. The molecule has 0 unspecified atom stereocenters. The van der Waals surface area contributed by atoms with E-state index < -0.39 is 0 Å². The first kappa shape index (κ1) is 17.8. The molecule has 5 rings (SSSR count). The minimum atomic E-state index is -0.230. The zero-order valence-corrected chi connectivity index (χ0v) is 16.6. The molecule has 0 radical (unpaired) electrons. The molecule has 29 heavy (non-hydrogen) atoms. The number of amides is 2. The fourth-order valence-corrected chi connectivity index (χ4v) is 4.59. The third kappa shape index (κ3) is 3.59. The molecule has 6 heteroatoms. The lowest BCUT2D eigenvalue weighted by Crippen LogP contribution is -2.28. The molecule has 2 amide bonds. The van der Waals surface area contributed by atoms with Crippen LogP contribution in [0.1, 0.15) is 5.56 Å². The van der Waals surface area contributed by atoms with Crippen LogP contribution in [-0.4, -0.2) is 21.3 Å². The number of aryl methyl sites for hydroxylation is 1. The van der Waals surface area contributed by atoms with Gasteiger partial charge in [0.1, 0.15) is 0 Å². The first-order chi connectivity index (χ1) is 14.3. The highest BCUT2D eigenvalue weighted by molar-refractivity contribution is 7.99. The third-order valence-corrected chi connectivity index (χ3v) is 6.04. The second kappa shape index (κ2) is 7.64. The number of para-hydroxylation sites is 1. The van der Waals surface area contributed by atoms with E-state index in [1.54, 1.807) is 11.8 Å². The van der Waals surface area contributed by atoms with E-state index in [0.717, 1.165) is 45.3 Å². The van der Waals surface area contributed by atoms with Crippen molar-refractivity contribution in [2.45, 2.75) is 18.2 Å². The number of hydrogen-bond acceptors (Lipinski definition) is 3. The Morgan fingerprint density at radius 2 is 1.86 bits per heavy atom. The molecular formula is C23H20N4OS. The van der Waals surface area contributed by atoms with Crippen LogP contribution in [0.2, 0.25) is 0 Å². The van der Waals surface area contributed by atoms with Crippen molar-refractivity contribution in [1.82, 2.24) is 14.9 Å². The van der Waals surface area contributed by atoms with Crippen molar-refractivity contribution >= 4 is 34.3 Å². The van der Waals surface area contributed by atoms with Gasteiger partial charge in [-0.3, -0.25) is 0 Å². The van der Waals surface area contributed by atoms with Crippen molar-refractivity contribution in [3.05, 3.63) is 78.5 Å². The zero-order chi connectivity index (χ0) is 19.6. The van der Waals surface area contributed by atoms with Crippen LogP contribution in [0.15, 0.2) is 78.1 Å². The summed E-state index contributed by atoms with van der Waals surface area (Å²) in [7, 11) is 0. The molecule has 0 bridgehead atoms. The number of fused-ring (bicyclic) bond motifs is 2. The number of anilines is 1. The lowest BCUT2D eigenvalue weighted by molar-refractivity contribution is 0.252. The Morgan fingerprint density at radius 1 is 1.03 bits per heavy atom. The number of hydrogen-bond donors (Lipinski definition) is 2. The summed E-state index contributed by atoms with van der Waals surface area (Å²) in [6.07, 6.45) is 2.06. The SMILES string of the molecule is O=C(NCc1cccc2ccccc12)Nc1ccccc1-c1cn2c(n1)SCC2. The van der Waals surface area contributed by atoms with Crippen molar-refractivity contribution in [3.63, 3.8) is 0 Å². The van der Waals surface area contributed by atoms with Crippen molar-refractivity contribution in [2.24, 2.45) is 0 Å². The van der Waals surface area contributed by atoms with Crippen molar-refractivity contribution in [1.29, 1.82) is 0 Å². The molecule has 0 aliphatic carbocycles. The molecule has 0 fully saturated rings. The molecule has 0 saturated carbocycles. The molecule has 0 saturated heterocycles. The van der Waals surface area contributed by atoms with Gasteiger partial charge in [-0.15, -0.1) is 0 Å². The molecule has 1 aliphatic rings. The van der Waals surface area contributed by atoms with Gasteiger partial charge >= 0.3 is 6.03 Å². The highest BCUT2D eigenvalue weighted by Gasteiger charge is 2.17. The van der Waals surface area contributed by atoms with Crippen LogP contribution in [0.25, 0.3) is 22.0 Å². The van der Waals surface area contributed by atoms with E-state index in [9.17, 15) is 4.79 Å². The summed E-state index contributed by atoms with van der Waals surface area (Å²) in [5.74, 6) is 1.07. The molecule has 5 nitrogen and oxygen atoms in total. The number of carbonyl (C=O) groups is 1. The molecule has 2 N–H and O–H groups in total. The standard InChI is InChI=1S/C23H20N4OS/c28-22(24-14-17-8-5-7-16-6-1-2-9-18(16)17)25-20-11-4-3-10-19(20)21-15-27-12-13-29-23(27)26-21/h1-11,15H,12-14H2,(H2,24,25,28). The van der Waals surface area contributed by atoms with Crippen LogP contribution in [-0.2, 0) is 13.1 Å². The van der Waals surface area contributed by atoms with Gasteiger partial charge in [0.25, 0.3) is 0 Å². The van der Waals surface area contributed by atoms with Crippen LogP contribution in [0.4, 0.5) is 10.5 Å². The first-order valence-electron chi connectivity index (χ1n) is 9.59. The van der Waals surface area contributed by atoms with E-state index >= 15 is 0 Å². The minimum absolute atomic E-state index is 0.230. The van der Waals surface area contributed by atoms with Gasteiger partial charge < -0.3 is 15.2 Å². The smallest absolute Gasteiger partial charge is 0.319 e. The quantitative estimate of drug-likeness (QED) is 0.499. The molecule has 0 atom stereocenters. The van der Waals surface area contributed by atoms with Gasteiger partial charge in [-0.25, -0.2) is 9.78 Å². The van der Waals surface area contributed by atoms with Gasteiger partial charge in [0, 0.05) is 30.6 Å². The van der Waals surface area contributed by atoms with E-state index in [0.29, 0.717) is 6.54 Å². The summed E-state index contributed by atoms with van der Waals surface area (Å²) in [4.78, 5) is 17.3. The molecule has 0 spiro atoms. The number of nitrogens with zero attached hydrogens (tertiary/aromatic N) is 2. The number of aromatic nitrogens is 2. The Bertz CT molecular complexity index is 1170. The lowest BCUT2D eigenvalue weighted by atomic mass is 10.0. The highest BCUT2D eigenvalue weighted by Crippen LogP contribution is 2.32. The second-order valence-electron chi connectivity index (χ2n) is 6.94. The number of thioether (sulfide) groups is 1. The maximum Gasteiger partial charge on any atom is 0.319 e. The zero-order valence-electron chi connectivity index (χ0n) is 15.8. The number of benzene rings is 3. The second-order valence-corrected chi connectivity index (χ2v) is 8.00. The molecule has 4 aromatic rings. The first-order valence-corrected chi connectivity index (χ1v) is 10.6. The van der Waals surface area contributed by atoms with E-state index in [4.69, 9.17) is 4.98 Å². The van der Waals surface area contributed by atoms with Crippen LogP contribution >= 0.6 is 11.8 Å². The summed E-state index contributed by atoms with van der Waals surface area (Å²) in [5, 5.41) is 9.32. The van der Waals surface area contributed by atoms with Gasteiger partial charge in [-0.2, -0.15) is 0 Å². The molecule has 3 aromatic carbocycles. The number of imidazole rings is 1. The van der Waals surface area contributed by atoms with Gasteiger partial charge in [0.2, 0.25) is 0 Å². The number of carbonyl (C=O) groups excluding carboxylic acids is 1. The maximum atomic E-state index is 12.6. The number of rotatable bonds is 4. The topological polar surface area (TPSA) is 59.0 Å². The van der Waals surface area contributed by atoms with Crippen molar-refractivity contribution < 1.29 is 4.79 Å². The fourth-order valence-electron chi connectivity index (χ4n) is 3.64. The normalized spacial score (nSPS) is 12.7. The Labute approximate surface area is 173 Å². The van der Waals surface area contributed by atoms with E-state index in [-0.39, 0.29) is 6.03 Å². The largest absolute Gasteiger partial charge is 0.334 e. The van der Waals surface area contributed by atoms with Crippen LogP contribution in [0.5, 0.6) is 0 Å². The van der Waals surface area contributed by atoms with Crippen LogP contribution < -0.4 is 10.6 Å². The summed E-state index contributed by atoms with van der Waals surface area (Å²) >= 11 is 1.76. The molecule has 1 aliphatic heterocycles. The summed E-state index contributed by atoms with van der Waals surface area (Å²) in [6.45, 7) is 1.44. The molecular weight excluding hydrogens is 380 g/mol. The number of urea groups is 1. The minimum Gasteiger partial charge on any atom is -0.334 e. The Morgan fingerprint density at radius 3 is 2.79 bits per heavy atom. The van der Waals surface area contributed by atoms with Crippen molar-refractivity contribution in [3.8, 4) is 11.3 Å². The molecule has 1 aromatic heterocycles. The Hall–Kier alpha value is -3.25. The van der Waals surface area contributed by atoms with Gasteiger partial charge in [-0.1, -0.05) is 72.4 Å². The number of nitrogens with one attached hydrogen (secondary N) is 2. The van der Waals surface area contributed by atoms with Crippen LogP contribution in [0.3, 0.4) is 0 Å². The van der Waals surface area contributed by atoms with E-state index in [1.165, 1.54) is 5.39 Å². The average Bonchev–Trinajstić information content (AvgIpc) is 3.35. The summed E-state index contributed by atoms with van der Waals surface area (Å²) in [6, 6.07) is 21.9. The van der Waals surface area contributed by atoms with Gasteiger partial charge in [0.05, 0.1) is 11.4 Å². The van der Waals surface area contributed by atoms with E-state index in [1.807, 2.05) is 48.5 Å². The van der Waals surface area contributed by atoms with Crippen molar-refractivity contribution in [2.75, 3.05) is 11.1 Å². The van der Waals surface area contributed by atoms with Crippen LogP contribution in [0, 0.1) is 0 Å². The lowest BCUT2D eigenvalue weighted by Gasteiger charge is -2.12. The highest BCUT2D eigenvalue weighted by atomic mass is 32.2. The Balaban J connectivity index is 1.32. The van der Waals surface area contributed by atoms with Gasteiger partial charge in [0.15, 0.2) is 5.16 Å². The predicted octanol–water partition coefficient (Wildman–Crippen LogP) is 5.13. The fraction of sp³-hybridized carbons (Fsp3) is 0.130. The molecule has 144 valence electrons. The third-order valence-electron chi connectivity index (χ3n) is 5.07. The summed E-state index contributed by atoms with van der Waals surface area (Å²) < 4.78 is 2.16. The molecule has 2 heterocycles. The monoisotopic (exact) mass is 400 g/mol. The average molecular weight is 401 g/mol. The predicted molar refractivity (Wildman–Crippen MR) is 118 cm³/mol. The van der Waals surface area contributed by atoms with E-state index in [2.05, 4.69) is 39.6 Å². The summed E-state index contributed by atoms with van der Waals surface area (Å²) in [5.41, 5.74) is 3.66. The van der Waals surface area contributed by atoms with Gasteiger partial charge in [-0.05, 0) is 22.4 Å².